The molecule has 35 heavy (non-hydrogen) atoms. The van der Waals surface area contributed by atoms with Crippen LogP contribution in [0, 0.1) is 11.3 Å². The van der Waals surface area contributed by atoms with Gasteiger partial charge >= 0.3 is 0 Å². The van der Waals surface area contributed by atoms with Crippen LogP contribution in [0.1, 0.15) is 22.3 Å². The molecular weight excluding hydrogens is 440 g/mol. The van der Waals surface area contributed by atoms with Crippen LogP contribution in [-0.4, -0.2) is 52.2 Å². The van der Waals surface area contributed by atoms with E-state index in [2.05, 4.69) is 32.2 Å². The summed E-state index contributed by atoms with van der Waals surface area (Å²) in [5.41, 5.74) is 3.42. The minimum atomic E-state index is -0.196. The number of amides is 1. The third-order valence-electron chi connectivity index (χ3n) is 6.38. The molecule has 1 amide bonds. The highest BCUT2D eigenvalue weighted by Gasteiger charge is 2.22. The van der Waals surface area contributed by atoms with Crippen LogP contribution < -0.4 is 10.5 Å². The molecule has 4 aromatic rings. The summed E-state index contributed by atoms with van der Waals surface area (Å²) in [6, 6.07) is 19.4. The predicted molar refractivity (Wildman–Crippen MR) is 133 cm³/mol. The van der Waals surface area contributed by atoms with Gasteiger partial charge in [-0.2, -0.15) is 10.4 Å². The summed E-state index contributed by atoms with van der Waals surface area (Å²) >= 11 is 0. The summed E-state index contributed by atoms with van der Waals surface area (Å²) in [5, 5.41) is 16.8. The van der Waals surface area contributed by atoms with Gasteiger partial charge in [0, 0.05) is 37.8 Å². The number of benzene rings is 2. The monoisotopic (exact) mass is 464 g/mol. The van der Waals surface area contributed by atoms with Crippen LogP contribution in [0.2, 0.25) is 0 Å². The Morgan fingerprint density at radius 1 is 0.971 bits per heavy atom. The molecule has 0 spiro atoms. The maximum Gasteiger partial charge on any atom is 0.272 e. The van der Waals surface area contributed by atoms with Crippen LogP contribution in [0.4, 0.5) is 5.82 Å². The molecule has 0 saturated carbocycles. The highest BCUT2D eigenvalue weighted by molar-refractivity contribution is 5.84. The second kappa shape index (κ2) is 9.77. The Kier molecular flexibility index (Phi) is 6.22. The van der Waals surface area contributed by atoms with Crippen LogP contribution in [0.5, 0.6) is 0 Å². The molecule has 0 radical (unpaired) electrons. The first kappa shape index (κ1) is 22.3. The highest BCUT2D eigenvalue weighted by Crippen LogP contribution is 2.20. The first-order chi connectivity index (χ1) is 17.1. The minimum Gasteiger partial charge on any atom is -0.353 e. The first-order valence-electron chi connectivity index (χ1n) is 11.5. The number of pyridine rings is 1. The summed E-state index contributed by atoms with van der Waals surface area (Å²) in [7, 11) is 0. The molecule has 3 heterocycles. The summed E-state index contributed by atoms with van der Waals surface area (Å²) in [6.07, 6.45) is 4.26. The highest BCUT2D eigenvalue weighted by atomic mass is 16.2. The smallest absolute Gasteiger partial charge is 0.272 e. The molecular formula is C27H24N6O2. The quantitative estimate of drug-likeness (QED) is 0.487. The van der Waals surface area contributed by atoms with E-state index in [9.17, 15) is 9.59 Å². The lowest BCUT2D eigenvalue weighted by Crippen LogP contribution is -2.49. The molecule has 0 bridgehead atoms. The number of H-pyrrole nitrogens is 1. The molecule has 174 valence electrons. The van der Waals surface area contributed by atoms with Crippen LogP contribution in [0.25, 0.3) is 10.8 Å². The number of hydrogen-bond acceptors (Lipinski definition) is 6. The third kappa shape index (κ3) is 4.89. The van der Waals surface area contributed by atoms with E-state index in [1.165, 1.54) is 0 Å². The number of nitriles is 1. The fraction of sp³-hybridized carbons (Fsp3) is 0.222. The van der Waals surface area contributed by atoms with Gasteiger partial charge in [0.2, 0.25) is 5.91 Å². The Hall–Kier alpha value is -4.51. The number of hydrogen-bond donors (Lipinski definition) is 1. The Labute approximate surface area is 202 Å². The average molecular weight is 465 g/mol. The Bertz CT molecular complexity index is 1460. The van der Waals surface area contributed by atoms with E-state index in [0.717, 1.165) is 27.9 Å². The van der Waals surface area contributed by atoms with Crippen LogP contribution in [-0.2, 0) is 17.6 Å². The topological polar surface area (TPSA) is 106 Å². The van der Waals surface area contributed by atoms with Crippen LogP contribution >= 0.6 is 0 Å². The van der Waals surface area contributed by atoms with E-state index in [0.29, 0.717) is 50.0 Å². The van der Waals surface area contributed by atoms with Crippen molar-refractivity contribution in [3.63, 3.8) is 0 Å². The predicted octanol–water partition coefficient (Wildman–Crippen LogP) is 2.67. The first-order valence-corrected chi connectivity index (χ1v) is 11.5. The fourth-order valence-corrected chi connectivity index (χ4v) is 4.51. The van der Waals surface area contributed by atoms with Gasteiger partial charge in [-0.05, 0) is 41.3 Å². The van der Waals surface area contributed by atoms with Gasteiger partial charge in [-0.1, -0.05) is 36.4 Å². The standard InChI is InChI=1S/C27H24N6O2/c28-16-21-7-8-25(29-17-21)32-9-11-33(12-10-32)26(34)15-20-4-1-3-19(13-20)14-22-5-2-6-23-24(22)18-30-31-27(23)35/h1-8,13,17-18H,9-12,14-15H2,(H,31,35). The van der Waals surface area contributed by atoms with E-state index in [4.69, 9.17) is 5.26 Å². The maximum atomic E-state index is 13.0. The minimum absolute atomic E-state index is 0.107. The zero-order valence-corrected chi connectivity index (χ0v) is 19.1. The molecule has 8 nitrogen and oxygen atoms in total. The van der Waals surface area contributed by atoms with Gasteiger partial charge in [0.05, 0.1) is 23.6 Å². The normalized spacial score (nSPS) is 13.6. The number of carbonyl (C=O) groups is 1. The van der Waals surface area contributed by atoms with E-state index in [1.807, 2.05) is 41.3 Å². The number of aromatic amines is 1. The molecule has 8 heteroatoms. The Morgan fingerprint density at radius 3 is 2.54 bits per heavy atom. The number of rotatable bonds is 5. The molecule has 0 aliphatic carbocycles. The molecule has 1 N–H and O–H groups in total. The van der Waals surface area contributed by atoms with Crippen molar-refractivity contribution < 1.29 is 4.79 Å². The molecule has 1 fully saturated rings. The van der Waals surface area contributed by atoms with E-state index in [1.54, 1.807) is 24.5 Å². The van der Waals surface area contributed by atoms with Gasteiger partial charge < -0.3 is 9.80 Å². The van der Waals surface area contributed by atoms with E-state index >= 15 is 0 Å². The van der Waals surface area contributed by atoms with Crippen molar-refractivity contribution >= 4 is 22.5 Å². The van der Waals surface area contributed by atoms with Gasteiger partial charge in [0.25, 0.3) is 5.56 Å². The second-order valence-electron chi connectivity index (χ2n) is 8.64. The largest absolute Gasteiger partial charge is 0.353 e. The molecule has 0 atom stereocenters. The summed E-state index contributed by atoms with van der Waals surface area (Å²) in [4.78, 5) is 33.4. The summed E-state index contributed by atoms with van der Waals surface area (Å²) in [6.45, 7) is 2.69. The summed E-state index contributed by atoms with van der Waals surface area (Å²) < 4.78 is 0. The summed E-state index contributed by atoms with van der Waals surface area (Å²) in [5.74, 6) is 0.935. The van der Waals surface area contributed by atoms with Crippen molar-refractivity contribution in [1.82, 2.24) is 20.1 Å². The molecule has 2 aromatic carbocycles. The van der Waals surface area contributed by atoms with Crippen molar-refractivity contribution in [3.05, 3.63) is 99.6 Å². The van der Waals surface area contributed by atoms with Crippen molar-refractivity contribution in [1.29, 1.82) is 5.26 Å². The lowest BCUT2D eigenvalue weighted by molar-refractivity contribution is -0.130. The van der Waals surface area contributed by atoms with Crippen molar-refractivity contribution in [3.8, 4) is 6.07 Å². The number of aromatic nitrogens is 3. The van der Waals surface area contributed by atoms with Gasteiger partial charge in [-0.3, -0.25) is 9.59 Å². The van der Waals surface area contributed by atoms with Gasteiger partial charge in [-0.25, -0.2) is 10.1 Å². The van der Waals surface area contributed by atoms with E-state index in [-0.39, 0.29) is 11.5 Å². The molecule has 2 aromatic heterocycles. The van der Waals surface area contributed by atoms with Gasteiger partial charge in [0.1, 0.15) is 11.9 Å². The lowest BCUT2D eigenvalue weighted by Gasteiger charge is -2.35. The van der Waals surface area contributed by atoms with Gasteiger partial charge in [0.15, 0.2) is 0 Å². The molecule has 1 aliphatic rings. The maximum absolute atomic E-state index is 13.0. The average Bonchev–Trinajstić information content (AvgIpc) is 2.90. The SMILES string of the molecule is N#Cc1ccc(N2CCN(C(=O)Cc3cccc(Cc4cccc5c(=O)[nH]ncc45)c3)CC2)nc1. The Balaban J connectivity index is 1.22. The zero-order chi connectivity index (χ0) is 24.2. The van der Waals surface area contributed by atoms with Crippen molar-refractivity contribution in [2.45, 2.75) is 12.8 Å². The Morgan fingerprint density at radius 2 is 1.77 bits per heavy atom. The number of nitrogens with zero attached hydrogens (tertiary/aromatic N) is 5. The van der Waals surface area contributed by atoms with Crippen molar-refractivity contribution in [2.24, 2.45) is 0 Å². The van der Waals surface area contributed by atoms with Crippen LogP contribution in [0.3, 0.4) is 0 Å². The zero-order valence-electron chi connectivity index (χ0n) is 19.1. The third-order valence-corrected chi connectivity index (χ3v) is 6.38. The number of piperazine rings is 1. The molecule has 0 unspecified atom stereocenters. The number of fused-ring (bicyclic) bond motifs is 1. The molecule has 1 aliphatic heterocycles. The van der Waals surface area contributed by atoms with Crippen LogP contribution in [0.15, 0.2) is 71.8 Å². The fourth-order valence-electron chi connectivity index (χ4n) is 4.51. The van der Waals surface area contributed by atoms with Crippen molar-refractivity contribution in [2.75, 3.05) is 31.1 Å². The molecule has 5 rings (SSSR count). The van der Waals surface area contributed by atoms with Gasteiger partial charge in [-0.15, -0.1) is 0 Å². The number of nitrogens with one attached hydrogen (secondary N) is 1. The number of anilines is 1. The number of carbonyl (C=O) groups excluding carboxylic acids is 1. The lowest BCUT2D eigenvalue weighted by atomic mass is 9.98. The molecule has 1 saturated heterocycles. The second-order valence-corrected chi connectivity index (χ2v) is 8.64. The van der Waals surface area contributed by atoms with E-state index < -0.39 is 0 Å².